The molecule has 1 aliphatic heterocycles. The number of aliphatic hydroxyl groups excluding tert-OH is 5. The Morgan fingerprint density at radius 1 is 1.25 bits per heavy atom. The van der Waals surface area contributed by atoms with Gasteiger partial charge < -0.3 is 35.6 Å². The first-order valence-corrected chi connectivity index (χ1v) is 7.74. The number of amides is 1. The van der Waals surface area contributed by atoms with E-state index in [1.165, 1.54) is 0 Å². The van der Waals surface area contributed by atoms with Gasteiger partial charge in [-0.1, -0.05) is 30.3 Å². The van der Waals surface area contributed by atoms with Crippen molar-refractivity contribution in [2.75, 3.05) is 6.61 Å². The Kier molecular flexibility index (Phi) is 6.67. The first-order valence-electron chi connectivity index (χ1n) is 7.74. The average Bonchev–Trinajstić information content (AvgIpc) is 2.56. The third kappa shape index (κ3) is 4.73. The first-order chi connectivity index (χ1) is 11.4. The van der Waals surface area contributed by atoms with E-state index in [-0.39, 0.29) is 12.8 Å². The molecule has 0 radical (unpaired) electrons. The molecular weight excluding hydrogens is 318 g/mol. The van der Waals surface area contributed by atoms with E-state index in [4.69, 9.17) is 9.84 Å². The Hall–Kier alpha value is -1.55. The van der Waals surface area contributed by atoms with Gasteiger partial charge in [0.1, 0.15) is 18.3 Å². The molecule has 0 saturated carbocycles. The fourth-order valence-corrected chi connectivity index (χ4v) is 2.71. The Morgan fingerprint density at radius 2 is 1.92 bits per heavy atom. The maximum atomic E-state index is 12.2. The van der Waals surface area contributed by atoms with E-state index in [0.29, 0.717) is 0 Å². The van der Waals surface area contributed by atoms with E-state index in [1.54, 1.807) is 24.3 Å². The molecule has 0 bridgehead atoms. The quantitative estimate of drug-likeness (QED) is 0.348. The molecule has 8 nitrogen and oxygen atoms in total. The second-order valence-electron chi connectivity index (χ2n) is 5.85. The third-order valence-electron chi connectivity index (χ3n) is 3.98. The molecule has 1 saturated heterocycles. The van der Waals surface area contributed by atoms with Gasteiger partial charge in [0.25, 0.3) is 0 Å². The van der Waals surface area contributed by atoms with Crippen molar-refractivity contribution in [1.82, 2.24) is 5.32 Å². The van der Waals surface area contributed by atoms with Gasteiger partial charge in [0, 0.05) is 6.42 Å². The Bertz CT molecular complexity index is 526. The van der Waals surface area contributed by atoms with Crippen LogP contribution in [0.3, 0.4) is 0 Å². The molecule has 1 fully saturated rings. The normalized spacial score (nSPS) is 29.7. The highest BCUT2D eigenvalue weighted by Gasteiger charge is 2.43. The van der Waals surface area contributed by atoms with Gasteiger partial charge in [-0.05, 0) is 5.56 Å². The molecule has 6 unspecified atom stereocenters. The summed E-state index contributed by atoms with van der Waals surface area (Å²) in [6.45, 7) is -0.724. The summed E-state index contributed by atoms with van der Waals surface area (Å²) in [4.78, 5) is 12.2. The molecule has 8 heteroatoms. The van der Waals surface area contributed by atoms with Crippen LogP contribution in [0.2, 0.25) is 0 Å². The number of nitrogens with one attached hydrogen (secondary N) is 1. The second-order valence-corrected chi connectivity index (χ2v) is 5.85. The maximum absolute atomic E-state index is 12.2. The van der Waals surface area contributed by atoms with Crippen molar-refractivity contribution in [2.24, 2.45) is 0 Å². The van der Waals surface area contributed by atoms with Crippen molar-refractivity contribution in [2.45, 2.75) is 49.6 Å². The summed E-state index contributed by atoms with van der Waals surface area (Å²) in [6.07, 6.45) is -6.95. The van der Waals surface area contributed by atoms with Crippen LogP contribution in [0.1, 0.15) is 12.0 Å². The van der Waals surface area contributed by atoms with Crippen LogP contribution in [-0.4, -0.2) is 74.8 Å². The lowest BCUT2D eigenvalue weighted by Crippen LogP contribution is -2.63. The van der Waals surface area contributed by atoms with Gasteiger partial charge in [-0.15, -0.1) is 0 Å². The van der Waals surface area contributed by atoms with Gasteiger partial charge in [0.2, 0.25) is 5.91 Å². The van der Waals surface area contributed by atoms with Crippen molar-refractivity contribution in [3.8, 4) is 0 Å². The van der Waals surface area contributed by atoms with Crippen LogP contribution in [0.4, 0.5) is 0 Å². The topological polar surface area (TPSA) is 139 Å². The molecule has 0 spiro atoms. The summed E-state index contributed by atoms with van der Waals surface area (Å²) < 4.78 is 5.16. The smallest absolute Gasteiger partial charge is 0.224 e. The lowest BCUT2D eigenvalue weighted by Gasteiger charge is -2.41. The number of benzene rings is 1. The van der Waals surface area contributed by atoms with E-state index in [2.05, 4.69) is 5.32 Å². The summed E-state index contributed by atoms with van der Waals surface area (Å²) in [6, 6.07) is 7.94. The van der Waals surface area contributed by atoms with E-state index >= 15 is 0 Å². The Labute approximate surface area is 139 Å². The highest BCUT2D eigenvalue weighted by Crippen LogP contribution is 2.23. The third-order valence-corrected chi connectivity index (χ3v) is 3.98. The first kappa shape index (κ1) is 18.8. The summed E-state index contributed by atoms with van der Waals surface area (Å²) in [5, 5.41) is 50.9. The van der Waals surface area contributed by atoms with Crippen LogP contribution in [-0.2, 0) is 16.0 Å². The van der Waals surface area contributed by atoms with Gasteiger partial charge >= 0.3 is 0 Å². The van der Waals surface area contributed by atoms with Crippen molar-refractivity contribution >= 4 is 5.91 Å². The standard InChI is InChI=1S/C16H23NO7/c18-8-11(20)15(23)16-14(10(19)7-13(22)24-16)17-12(21)6-9-4-2-1-3-5-9/h1-5,10-11,13-16,18-20,22-23H,6-8H2,(H,17,21). The molecule has 6 N–H and O–H groups in total. The Morgan fingerprint density at radius 3 is 2.54 bits per heavy atom. The molecule has 1 aromatic rings. The van der Waals surface area contributed by atoms with E-state index in [0.717, 1.165) is 5.56 Å². The highest BCUT2D eigenvalue weighted by atomic mass is 16.6. The van der Waals surface area contributed by atoms with Crippen LogP contribution in [0.25, 0.3) is 0 Å². The zero-order valence-electron chi connectivity index (χ0n) is 13.0. The lowest BCUT2D eigenvalue weighted by molar-refractivity contribution is -0.236. The van der Waals surface area contributed by atoms with Crippen molar-refractivity contribution in [3.63, 3.8) is 0 Å². The van der Waals surface area contributed by atoms with Crippen LogP contribution in [0.15, 0.2) is 30.3 Å². The number of carbonyl (C=O) groups excluding carboxylic acids is 1. The van der Waals surface area contributed by atoms with Crippen LogP contribution >= 0.6 is 0 Å². The molecule has 1 heterocycles. The predicted octanol–water partition coefficient (Wildman–Crippen LogP) is -2.10. The fraction of sp³-hybridized carbons (Fsp3) is 0.562. The summed E-state index contributed by atoms with van der Waals surface area (Å²) in [5.41, 5.74) is 0.772. The predicted molar refractivity (Wildman–Crippen MR) is 82.7 cm³/mol. The van der Waals surface area contributed by atoms with E-state index in [9.17, 15) is 25.2 Å². The minimum absolute atomic E-state index is 0.0674. The number of hydrogen-bond donors (Lipinski definition) is 6. The molecule has 24 heavy (non-hydrogen) atoms. The average molecular weight is 341 g/mol. The summed E-state index contributed by atoms with van der Waals surface area (Å²) >= 11 is 0. The summed E-state index contributed by atoms with van der Waals surface area (Å²) in [5.74, 6) is -0.402. The Balaban J connectivity index is 2.07. The largest absolute Gasteiger partial charge is 0.394 e. The SMILES string of the molecule is O=C(Cc1ccccc1)NC1C(O)CC(O)OC1C(O)C(O)CO. The van der Waals surface area contributed by atoms with Gasteiger partial charge in [-0.2, -0.15) is 0 Å². The number of carbonyl (C=O) groups is 1. The zero-order chi connectivity index (χ0) is 17.7. The monoisotopic (exact) mass is 341 g/mol. The lowest BCUT2D eigenvalue weighted by atomic mass is 9.92. The van der Waals surface area contributed by atoms with Gasteiger partial charge in [0.05, 0.1) is 25.2 Å². The number of rotatable bonds is 6. The summed E-state index contributed by atoms with van der Waals surface area (Å²) in [7, 11) is 0. The number of ether oxygens (including phenoxy) is 1. The van der Waals surface area contributed by atoms with Crippen molar-refractivity contribution < 1.29 is 35.1 Å². The van der Waals surface area contributed by atoms with E-state index in [1.807, 2.05) is 6.07 Å². The number of hydrogen-bond acceptors (Lipinski definition) is 7. The minimum Gasteiger partial charge on any atom is -0.394 e. The fourth-order valence-electron chi connectivity index (χ4n) is 2.71. The van der Waals surface area contributed by atoms with Crippen LogP contribution < -0.4 is 5.32 Å². The minimum atomic E-state index is -1.58. The van der Waals surface area contributed by atoms with Gasteiger partial charge in [-0.3, -0.25) is 4.79 Å². The van der Waals surface area contributed by atoms with Gasteiger partial charge in [-0.25, -0.2) is 0 Å². The molecule has 1 amide bonds. The second kappa shape index (κ2) is 8.52. The highest BCUT2D eigenvalue weighted by molar-refractivity contribution is 5.79. The molecule has 2 rings (SSSR count). The molecule has 1 aromatic carbocycles. The molecule has 6 atom stereocenters. The molecule has 0 aliphatic carbocycles. The molecule has 0 aromatic heterocycles. The molecule has 134 valence electrons. The molecular formula is C16H23NO7. The molecule has 1 aliphatic rings. The maximum Gasteiger partial charge on any atom is 0.224 e. The van der Waals surface area contributed by atoms with Crippen LogP contribution in [0, 0.1) is 0 Å². The van der Waals surface area contributed by atoms with Crippen molar-refractivity contribution in [3.05, 3.63) is 35.9 Å². The zero-order valence-corrected chi connectivity index (χ0v) is 13.0. The van der Waals surface area contributed by atoms with Crippen LogP contribution in [0.5, 0.6) is 0 Å². The van der Waals surface area contributed by atoms with Crippen molar-refractivity contribution in [1.29, 1.82) is 0 Å². The van der Waals surface area contributed by atoms with E-state index < -0.39 is 49.3 Å². The van der Waals surface area contributed by atoms with Gasteiger partial charge in [0.15, 0.2) is 6.29 Å². The number of aliphatic hydroxyl groups is 5.